The summed E-state index contributed by atoms with van der Waals surface area (Å²) in [5, 5.41) is 14.8. The molecular formula is C13H13N5O4. The number of rotatable bonds is 5. The highest BCUT2D eigenvalue weighted by Crippen LogP contribution is 2.26. The molecule has 2 N–H and O–H groups in total. The number of benzene rings is 1. The highest BCUT2D eigenvalue weighted by Gasteiger charge is 2.14. The van der Waals surface area contributed by atoms with E-state index >= 15 is 0 Å². The number of aromatic amines is 1. The highest BCUT2D eigenvalue weighted by molar-refractivity contribution is 5.82. The van der Waals surface area contributed by atoms with Crippen LogP contribution in [0.4, 0.5) is 11.6 Å². The largest absolute Gasteiger partial charge is 0.490 e. The van der Waals surface area contributed by atoms with E-state index in [1.807, 2.05) is 0 Å². The van der Waals surface area contributed by atoms with Gasteiger partial charge in [-0.15, -0.1) is 0 Å². The molecule has 0 saturated carbocycles. The third-order valence-electron chi connectivity index (χ3n) is 2.65. The number of nitrogens with one attached hydrogen (secondary N) is 2. The van der Waals surface area contributed by atoms with Crippen LogP contribution >= 0.6 is 0 Å². The number of aromatic nitrogens is 2. The Bertz CT molecular complexity index is 784. The maximum Gasteiger partial charge on any atom is 0.311 e. The van der Waals surface area contributed by atoms with Crippen molar-refractivity contribution in [2.45, 2.75) is 6.92 Å². The van der Waals surface area contributed by atoms with Crippen molar-refractivity contribution < 1.29 is 9.66 Å². The van der Waals surface area contributed by atoms with Crippen LogP contribution in [-0.2, 0) is 0 Å². The van der Waals surface area contributed by atoms with Crippen molar-refractivity contribution in [3.63, 3.8) is 0 Å². The lowest BCUT2D eigenvalue weighted by Crippen LogP contribution is -2.10. The molecule has 9 heteroatoms. The summed E-state index contributed by atoms with van der Waals surface area (Å²) in [5.74, 6) is 0.351. The molecule has 0 spiro atoms. The molecule has 1 aromatic carbocycles. The van der Waals surface area contributed by atoms with Crippen LogP contribution in [0.1, 0.15) is 11.3 Å². The molecule has 0 saturated heterocycles. The van der Waals surface area contributed by atoms with Crippen molar-refractivity contribution >= 4 is 17.9 Å². The normalized spacial score (nSPS) is 10.6. The van der Waals surface area contributed by atoms with Crippen molar-refractivity contribution in [3.8, 4) is 5.75 Å². The highest BCUT2D eigenvalue weighted by atomic mass is 16.6. The second kappa shape index (κ2) is 6.48. The molecule has 22 heavy (non-hydrogen) atoms. The second-order valence-electron chi connectivity index (χ2n) is 4.29. The zero-order valence-corrected chi connectivity index (χ0v) is 11.9. The predicted octanol–water partition coefficient (Wildman–Crippen LogP) is 1.44. The van der Waals surface area contributed by atoms with Crippen LogP contribution in [0.3, 0.4) is 0 Å². The first-order valence-electron chi connectivity index (χ1n) is 6.19. The molecule has 2 aromatic rings. The summed E-state index contributed by atoms with van der Waals surface area (Å²) in [4.78, 5) is 28.1. The molecule has 0 atom stereocenters. The summed E-state index contributed by atoms with van der Waals surface area (Å²) < 4.78 is 4.91. The molecular weight excluding hydrogens is 290 g/mol. The fourth-order valence-corrected chi connectivity index (χ4v) is 1.73. The monoisotopic (exact) mass is 303 g/mol. The summed E-state index contributed by atoms with van der Waals surface area (Å²) in [7, 11) is 1.36. The average molecular weight is 303 g/mol. The number of nitrogens with zero attached hydrogens (tertiary/aromatic N) is 3. The van der Waals surface area contributed by atoms with Gasteiger partial charge in [0.25, 0.3) is 5.56 Å². The van der Waals surface area contributed by atoms with E-state index in [2.05, 4.69) is 20.5 Å². The Morgan fingerprint density at radius 2 is 2.23 bits per heavy atom. The van der Waals surface area contributed by atoms with Gasteiger partial charge in [-0.1, -0.05) is 0 Å². The minimum Gasteiger partial charge on any atom is -0.490 e. The van der Waals surface area contributed by atoms with Gasteiger partial charge in [0.05, 0.1) is 18.2 Å². The van der Waals surface area contributed by atoms with E-state index in [1.165, 1.54) is 31.5 Å². The van der Waals surface area contributed by atoms with Crippen LogP contribution in [0.15, 0.2) is 34.2 Å². The third kappa shape index (κ3) is 3.66. The van der Waals surface area contributed by atoms with Gasteiger partial charge in [-0.05, 0) is 19.1 Å². The maximum atomic E-state index is 11.3. The molecule has 9 nitrogen and oxygen atoms in total. The van der Waals surface area contributed by atoms with E-state index < -0.39 is 4.92 Å². The first-order valence-corrected chi connectivity index (χ1v) is 6.19. The first kappa shape index (κ1) is 15.2. The van der Waals surface area contributed by atoms with Gasteiger partial charge >= 0.3 is 5.69 Å². The van der Waals surface area contributed by atoms with E-state index in [9.17, 15) is 14.9 Å². The van der Waals surface area contributed by atoms with Crippen molar-refractivity contribution in [1.29, 1.82) is 0 Å². The SMILES string of the molecule is COc1ccc(/C=N\Nc2nc(C)cc(=O)[nH]2)cc1[N+](=O)[O-]. The number of nitro groups is 1. The van der Waals surface area contributed by atoms with Crippen molar-refractivity contribution in [1.82, 2.24) is 9.97 Å². The van der Waals surface area contributed by atoms with E-state index in [-0.39, 0.29) is 22.9 Å². The first-order chi connectivity index (χ1) is 10.5. The molecule has 2 rings (SSSR count). The molecule has 0 unspecified atom stereocenters. The minimum absolute atomic E-state index is 0.159. The Morgan fingerprint density at radius 3 is 2.86 bits per heavy atom. The summed E-state index contributed by atoms with van der Waals surface area (Å²) in [6, 6.07) is 5.77. The van der Waals surface area contributed by atoms with Gasteiger partial charge in [0.1, 0.15) is 0 Å². The van der Waals surface area contributed by atoms with Crippen LogP contribution in [0.2, 0.25) is 0 Å². The van der Waals surface area contributed by atoms with Gasteiger partial charge in [-0.3, -0.25) is 19.9 Å². The summed E-state index contributed by atoms with van der Waals surface area (Å²) in [6.45, 7) is 1.68. The zero-order valence-electron chi connectivity index (χ0n) is 11.9. The molecule has 0 aliphatic rings. The topological polar surface area (TPSA) is 123 Å². The van der Waals surface area contributed by atoms with Crippen molar-refractivity contribution in [2.24, 2.45) is 5.10 Å². The van der Waals surface area contributed by atoms with Crippen LogP contribution in [0.25, 0.3) is 0 Å². The number of anilines is 1. The molecule has 1 heterocycles. The molecule has 0 aliphatic carbocycles. The number of hydrogen-bond donors (Lipinski definition) is 2. The average Bonchev–Trinajstić information content (AvgIpc) is 2.46. The fraction of sp³-hybridized carbons (Fsp3) is 0.154. The predicted molar refractivity (Wildman–Crippen MR) is 80.5 cm³/mol. The molecule has 0 aliphatic heterocycles. The maximum absolute atomic E-state index is 11.3. The van der Waals surface area contributed by atoms with Gasteiger partial charge < -0.3 is 4.74 Å². The van der Waals surface area contributed by atoms with E-state index in [0.717, 1.165) is 0 Å². The Labute approximate surface area is 124 Å². The molecule has 0 bridgehead atoms. The fourth-order valence-electron chi connectivity index (χ4n) is 1.73. The van der Waals surface area contributed by atoms with Crippen LogP contribution in [0, 0.1) is 17.0 Å². The Morgan fingerprint density at radius 1 is 1.45 bits per heavy atom. The van der Waals surface area contributed by atoms with E-state index in [1.54, 1.807) is 13.0 Å². The number of ether oxygens (including phenoxy) is 1. The summed E-state index contributed by atoms with van der Waals surface area (Å²) >= 11 is 0. The molecule has 0 fully saturated rings. The summed E-state index contributed by atoms with van der Waals surface area (Å²) in [5.41, 5.74) is 3.13. The quantitative estimate of drug-likeness (QED) is 0.489. The summed E-state index contributed by atoms with van der Waals surface area (Å²) in [6.07, 6.45) is 1.37. The number of H-pyrrole nitrogens is 1. The van der Waals surface area contributed by atoms with Gasteiger partial charge in [0, 0.05) is 23.4 Å². The van der Waals surface area contributed by atoms with Crippen LogP contribution < -0.4 is 15.7 Å². The Balaban J connectivity index is 2.18. The van der Waals surface area contributed by atoms with Crippen LogP contribution in [0.5, 0.6) is 5.75 Å². The van der Waals surface area contributed by atoms with Gasteiger partial charge in [0.2, 0.25) is 5.95 Å². The second-order valence-corrected chi connectivity index (χ2v) is 4.29. The van der Waals surface area contributed by atoms with Gasteiger partial charge in [-0.2, -0.15) is 5.10 Å². The minimum atomic E-state index is -0.538. The van der Waals surface area contributed by atoms with E-state index in [4.69, 9.17) is 4.74 Å². The Hall–Kier alpha value is -3.23. The lowest BCUT2D eigenvalue weighted by molar-refractivity contribution is -0.385. The lowest BCUT2D eigenvalue weighted by atomic mass is 10.2. The van der Waals surface area contributed by atoms with Crippen molar-refractivity contribution in [3.05, 3.63) is 56.0 Å². The molecule has 1 aromatic heterocycles. The third-order valence-corrected chi connectivity index (χ3v) is 2.65. The van der Waals surface area contributed by atoms with Crippen LogP contribution in [-0.4, -0.2) is 28.2 Å². The molecule has 0 amide bonds. The standard InChI is InChI=1S/C13H13N5O4/c1-8-5-12(19)16-13(15-8)17-14-7-9-3-4-11(22-2)10(6-9)18(20)21/h3-7H,1-2H3,(H2,15,16,17,19)/b14-7-. The molecule has 114 valence electrons. The van der Waals surface area contributed by atoms with Crippen molar-refractivity contribution in [2.75, 3.05) is 12.5 Å². The number of methoxy groups -OCH3 is 1. The lowest BCUT2D eigenvalue weighted by Gasteiger charge is -2.02. The smallest absolute Gasteiger partial charge is 0.311 e. The van der Waals surface area contributed by atoms with Gasteiger partial charge in [0.15, 0.2) is 5.75 Å². The number of nitro benzene ring substituents is 1. The zero-order chi connectivity index (χ0) is 16.1. The van der Waals surface area contributed by atoms with E-state index in [0.29, 0.717) is 11.3 Å². The number of hydrazone groups is 1. The number of hydrogen-bond acceptors (Lipinski definition) is 7. The Kier molecular flexibility index (Phi) is 4.47. The van der Waals surface area contributed by atoms with Gasteiger partial charge in [-0.25, -0.2) is 10.4 Å². The molecule has 0 radical (unpaired) electrons. The number of aryl methyl sites for hydroxylation is 1.